The number of rotatable bonds is 7. The van der Waals surface area contributed by atoms with Gasteiger partial charge in [0.25, 0.3) is 0 Å². The number of benzene rings is 1. The van der Waals surface area contributed by atoms with E-state index in [9.17, 15) is 5.11 Å². The first-order valence-electron chi connectivity index (χ1n) is 8.66. The largest absolute Gasteiger partial charge is 0.497 e. The van der Waals surface area contributed by atoms with Crippen molar-refractivity contribution in [3.05, 3.63) is 28.8 Å². The molecule has 6 heteroatoms. The monoisotopic (exact) mass is 353 g/mol. The van der Waals surface area contributed by atoms with E-state index in [0.29, 0.717) is 11.6 Å². The second kappa shape index (κ2) is 9.74. The summed E-state index contributed by atoms with van der Waals surface area (Å²) in [5.41, 5.74) is 1.08. The molecule has 1 aliphatic rings. The van der Waals surface area contributed by atoms with Gasteiger partial charge in [-0.2, -0.15) is 0 Å². The Morgan fingerprint density at radius 3 is 2.83 bits per heavy atom. The first-order valence-corrected chi connectivity index (χ1v) is 9.04. The van der Waals surface area contributed by atoms with Gasteiger partial charge in [0, 0.05) is 30.6 Å². The Balaban J connectivity index is 1.84. The Morgan fingerprint density at radius 1 is 1.38 bits per heavy atom. The van der Waals surface area contributed by atoms with Crippen molar-refractivity contribution in [2.24, 2.45) is 10.9 Å². The maximum absolute atomic E-state index is 9.89. The summed E-state index contributed by atoms with van der Waals surface area (Å²) in [7, 11) is 1.63. The maximum Gasteiger partial charge on any atom is 0.191 e. The number of halogens is 1. The van der Waals surface area contributed by atoms with Crippen LogP contribution in [0.2, 0.25) is 5.02 Å². The molecule has 24 heavy (non-hydrogen) atoms. The van der Waals surface area contributed by atoms with Gasteiger partial charge in [0.05, 0.1) is 13.2 Å². The lowest BCUT2D eigenvalue weighted by Gasteiger charge is -2.15. The van der Waals surface area contributed by atoms with E-state index in [4.69, 9.17) is 16.3 Å². The zero-order valence-electron chi connectivity index (χ0n) is 14.5. The molecule has 0 heterocycles. The molecule has 5 nitrogen and oxygen atoms in total. The summed E-state index contributed by atoms with van der Waals surface area (Å²) in [6.07, 6.45) is 3.67. The molecule has 0 saturated heterocycles. The van der Waals surface area contributed by atoms with Crippen molar-refractivity contribution < 1.29 is 9.84 Å². The molecule has 0 radical (unpaired) electrons. The predicted octanol–water partition coefficient (Wildman–Crippen LogP) is 2.61. The molecular formula is C18H28ClN3O2. The second-order valence-electron chi connectivity index (χ2n) is 6.11. The van der Waals surface area contributed by atoms with Crippen LogP contribution in [0.15, 0.2) is 23.2 Å². The Labute approximate surface area is 149 Å². The number of aliphatic imine (C=N–C) groups is 1. The van der Waals surface area contributed by atoms with Gasteiger partial charge in [-0.15, -0.1) is 0 Å². The van der Waals surface area contributed by atoms with Gasteiger partial charge >= 0.3 is 0 Å². The molecule has 0 aliphatic heterocycles. The van der Waals surface area contributed by atoms with Crippen molar-refractivity contribution in [1.82, 2.24) is 10.6 Å². The van der Waals surface area contributed by atoms with Gasteiger partial charge in [-0.25, -0.2) is 0 Å². The number of hydrogen-bond acceptors (Lipinski definition) is 3. The summed E-state index contributed by atoms with van der Waals surface area (Å²) in [4.78, 5) is 4.61. The fraction of sp³-hybridized carbons (Fsp3) is 0.611. The Bertz CT molecular complexity index is 551. The van der Waals surface area contributed by atoms with Crippen molar-refractivity contribution in [1.29, 1.82) is 0 Å². The van der Waals surface area contributed by atoms with E-state index >= 15 is 0 Å². The van der Waals surface area contributed by atoms with Crippen LogP contribution in [-0.4, -0.2) is 43.9 Å². The van der Waals surface area contributed by atoms with Gasteiger partial charge in [-0.05, 0) is 43.9 Å². The molecule has 1 fully saturated rings. The van der Waals surface area contributed by atoms with E-state index in [-0.39, 0.29) is 12.0 Å². The quantitative estimate of drug-likeness (QED) is 0.520. The van der Waals surface area contributed by atoms with E-state index < -0.39 is 0 Å². The molecular weight excluding hydrogens is 326 g/mol. The maximum atomic E-state index is 9.89. The van der Waals surface area contributed by atoms with Crippen molar-refractivity contribution >= 4 is 17.6 Å². The van der Waals surface area contributed by atoms with Crippen LogP contribution in [0.3, 0.4) is 0 Å². The molecule has 0 amide bonds. The van der Waals surface area contributed by atoms with Crippen molar-refractivity contribution in [3.8, 4) is 5.75 Å². The number of nitrogens with zero attached hydrogens (tertiary/aromatic N) is 1. The van der Waals surface area contributed by atoms with E-state index in [1.54, 1.807) is 7.11 Å². The topological polar surface area (TPSA) is 65.9 Å². The molecule has 0 spiro atoms. The van der Waals surface area contributed by atoms with Gasteiger partial charge in [-0.3, -0.25) is 4.99 Å². The first-order chi connectivity index (χ1) is 11.6. The van der Waals surface area contributed by atoms with Crippen LogP contribution in [0.4, 0.5) is 0 Å². The third-order valence-corrected chi connectivity index (χ3v) is 4.75. The van der Waals surface area contributed by atoms with E-state index in [1.807, 2.05) is 25.1 Å². The van der Waals surface area contributed by atoms with E-state index in [1.165, 1.54) is 0 Å². The van der Waals surface area contributed by atoms with Crippen LogP contribution < -0.4 is 15.4 Å². The highest BCUT2D eigenvalue weighted by Gasteiger charge is 2.24. The number of aliphatic hydroxyl groups is 1. The lowest BCUT2D eigenvalue weighted by Crippen LogP contribution is -2.39. The molecule has 1 aliphatic carbocycles. The van der Waals surface area contributed by atoms with E-state index in [2.05, 4.69) is 15.6 Å². The number of ether oxygens (including phenoxy) is 1. The van der Waals surface area contributed by atoms with Crippen LogP contribution in [0.1, 0.15) is 31.7 Å². The van der Waals surface area contributed by atoms with Crippen LogP contribution in [-0.2, 0) is 6.42 Å². The zero-order valence-corrected chi connectivity index (χ0v) is 15.3. The molecule has 1 aromatic carbocycles. The van der Waals surface area contributed by atoms with Crippen LogP contribution in [0.25, 0.3) is 0 Å². The standard InChI is InChI=1S/C18H28ClN3O2/c1-3-20-18(22-12-14-5-4-6-17(14)23)21-10-9-13-7-8-15(24-2)11-16(13)19/h7-8,11,14,17,23H,3-6,9-10,12H2,1-2H3,(H2,20,21,22). The summed E-state index contributed by atoms with van der Waals surface area (Å²) >= 11 is 6.27. The molecule has 2 atom stereocenters. The molecule has 2 unspecified atom stereocenters. The predicted molar refractivity (Wildman–Crippen MR) is 99.0 cm³/mol. The summed E-state index contributed by atoms with van der Waals surface area (Å²) < 4.78 is 5.16. The second-order valence-corrected chi connectivity index (χ2v) is 6.52. The van der Waals surface area contributed by atoms with Gasteiger partial charge in [0.2, 0.25) is 0 Å². The molecule has 134 valence electrons. The van der Waals surface area contributed by atoms with Crippen molar-refractivity contribution in [2.75, 3.05) is 26.7 Å². The molecule has 1 saturated carbocycles. The van der Waals surface area contributed by atoms with Gasteiger partial charge < -0.3 is 20.5 Å². The minimum atomic E-state index is -0.199. The first kappa shape index (κ1) is 18.9. The SMILES string of the molecule is CCNC(=NCC1CCCC1O)NCCc1ccc(OC)cc1Cl. The lowest BCUT2D eigenvalue weighted by molar-refractivity contribution is 0.136. The highest BCUT2D eigenvalue weighted by atomic mass is 35.5. The third kappa shape index (κ3) is 5.56. The highest BCUT2D eigenvalue weighted by Crippen LogP contribution is 2.25. The minimum Gasteiger partial charge on any atom is -0.497 e. The van der Waals surface area contributed by atoms with Gasteiger partial charge in [0.1, 0.15) is 5.75 Å². The van der Waals surface area contributed by atoms with Gasteiger partial charge in [-0.1, -0.05) is 24.1 Å². The van der Waals surface area contributed by atoms with E-state index in [0.717, 1.165) is 56.0 Å². The smallest absolute Gasteiger partial charge is 0.191 e. The molecule has 2 rings (SSSR count). The summed E-state index contributed by atoms with van der Waals surface area (Å²) in [6.45, 7) is 4.26. The Kier molecular flexibility index (Phi) is 7.66. The summed E-state index contributed by atoms with van der Waals surface area (Å²) in [6, 6.07) is 5.74. The number of hydrogen-bond donors (Lipinski definition) is 3. The molecule has 0 aromatic heterocycles. The normalized spacial score (nSPS) is 20.9. The number of guanidine groups is 1. The molecule has 0 bridgehead atoms. The summed E-state index contributed by atoms with van der Waals surface area (Å²) in [5.74, 6) is 1.85. The number of nitrogens with one attached hydrogen (secondary N) is 2. The van der Waals surface area contributed by atoms with Crippen LogP contribution >= 0.6 is 11.6 Å². The average Bonchev–Trinajstić information content (AvgIpc) is 2.99. The fourth-order valence-electron chi connectivity index (χ4n) is 2.95. The van der Waals surface area contributed by atoms with Crippen LogP contribution in [0.5, 0.6) is 5.75 Å². The fourth-order valence-corrected chi connectivity index (χ4v) is 3.22. The molecule has 1 aromatic rings. The highest BCUT2D eigenvalue weighted by molar-refractivity contribution is 6.31. The zero-order chi connectivity index (χ0) is 17.4. The van der Waals surface area contributed by atoms with Crippen LogP contribution in [0, 0.1) is 5.92 Å². The number of methoxy groups -OCH3 is 1. The third-order valence-electron chi connectivity index (χ3n) is 4.39. The van der Waals surface area contributed by atoms with Crippen molar-refractivity contribution in [3.63, 3.8) is 0 Å². The lowest BCUT2D eigenvalue weighted by atomic mass is 10.1. The number of aliphatic hydroxyl groups excluding tert-OH is 1. The average molecular weight is 354 g/mol. The van der Waals surface area contributed by atoms with Crippen molar-refractivity contribution in [2.45, 2.75) is 38.7 Å². The molecule has 3 N–H and O–H groups in total. The Hall–Kier alpha value is -1.46. The summed E-state index contributed by atoms with van der Waals surface area (Å²) in [5, 5.41) is 17.2. The van der Waals surface area contributed by atoms with Gasteiger partial charge in [0.15, 0.2) is 5.96 Å². The Morgan fingerprint density at radius 2 is 2.21 bits per heavy atom. The minimum absolute atomic E-state index is 0.199.